The summed E-state index contributed by atoms with van der Waals surface area (Å²) >= 11 is 5.53. The van der Waals surface area contributed by atoms with E-state index in [4.69, 9.17) is 4.98 Å². The summed E-state index contributed by atoms with van der Waals surface area (Å²) in [7, 11) is 0. The third-order valence-corrected chi connectivity index (χ3v) is 5.55. The maximum absolute atomic E-state index is 4.88. The Morgan fingerprint density at radius 1 is 1.31 bits per heavy atom. The molecule has 0 spiro atoms. The third-order valence-electron chi connectivity index (χ3n) is 3.36. The van der Waals surface area contributed by atoms with Crippen molar-refractivity contribution in [1.29, 1.82) is 0 Å². The fraction of sp³-hybridized carbons (Fsp3) is 0.769. The standard InChI is InChI=1S/C13H20BrNS/c1-2-6-11-12(9-14)16-13(15-11)10-7-4-3-5-8-10/h10H,2-9H2,1H3. The Morgan fingerprint density at radius 2 is 2.06 bits per heavy atom. The number of rotatable bonds is 4. The van der Waals surface area contributed by atoms with Crippen molar-refractivity contribution in [1.82, 2.24) is 4.98 Å². The van der Waals surface area contributed by atoms with E-state index in [1.54, 1.807) is 0 Å². The van der Waals surface area contributed by atoms with Crippen LogP contribution >= 0.6 is 27.3 Å². The summed E-state index contributed by atoms with van der Waals surface area (Å²) in [5, 5.41) is 2.39. The van der Waals surface area contributed by atoms with E-state index in [1.807, 2.05) is 11.3 Å². The summed E-state index contributed by atoms with van der Waals surface area (Å²) in [6.07, 6.45) is 9.29. The number of thiazole rings is 1. The van der Waals surface area contributed by atoms with Crippen LogP contribution in [0.1, 0.15) is 66.9 Å². The molecule has 0 atom stereocenters. The lowest BCUT2D eigenvalue weighted by Crippen LogP contribution is -2.04. The SMILES string of the molecule is CCCc1nc(C2CCCCC2)sc1CBr. The van der Waals surface area contributed by atoms with Crippen LogP contribution in [-0.2, 0) is 11.8 Å². The quantitative estimate of drug-likeness (QED) is 0.710. The molecule has 1 saturated carbocycles. The molecule has 1 heterocycles. The molecular formula is C13H20BrNS. The number of aromatic nitrogens is 1. The zero-order valence-electron chi connectivity index (χ0n) is 9.97. The highest BCUT2D eigenvalue weighted by molar-refractivity contribution is 9.08. The van der Waals surface area contributed by atoms with E-state index in [0.29, 0.717) is 0 Å². The van der Waals surface area contributed by atoms with E-state index in [-0.39, 0.29) is 0 Å². The molecule has 1 aromatic rings. The van der Waals surface area contributed by atoms with Gasteiger partial charge >= 0.3 is 0 Å². The summed E-state index contributed by atoms with van der Waals surface area (Å²) in [6.45, 7) is 2.23. The Bertz CT molecular complexity index is 329. The average molecular weight is 302 g/mol. The van der Waals surface area contributed by atoms with Crippen LogP contribution in [0.5, 0.6) is 0 Å². The van der Waals surface area contributed by atoms with Gasteiger partial charge < -0.3 is 0 Å². The second-order valence-corrected chi connectivity index (χ2v) is 6.32. The molecule has 1 aromatic heterocycles. The van der Waals surface area contributed by atoms with Gasteiger partial charge in [-0.25, -0.2) is 4.98 Å². The van der Waals surface area contributed by atoms with Gasteiger partial charge in [-0.3, -0.25) is 0 Å². The normalized spacial score (nSPS) is 17.9. The van der Waals surface area contributed by atoms with Crippen molar-refractivity contribution in [2.24, 2.45) is 0 Å². The van der Waals surface area contributed by atoms with E-state index >= 15 is 0 Å². The van der Waals surface area contributed by atoms with Gasteiger partial charge in [0.05, 0.1) is 10.7 Å². The van der Waals surface area contributed by atoms with Crippen LogP contribution in [0.2, 0.25) is 0 Å². The summed E-state index contributed by atoms with van der Waals surface area (Å²) in [6, 6.07) is 0. The first kappa shape index (κ1) is 12.6. The Morgan fingerprint density at radius 3 is 2.69 bits per heavy atom. The largest absolute Gasteiger partial charge is 0.246 e. The van der Waals surface area contributed by atoms with Crippen molar-refractivity contribution in [3.63, 3.8) is 0 Å². The average Bonchev–Trinajstić information content (AvgIpc) is 2.74. The molecule has 0 unspecified atom stereocenters. The second-order valence-electron chi connectivity index (χ2n) is 4.64. The number of aryl methyl sites for hydroxylation is 1. The molecule has 0 bridgehead atoms. The van der Waals surface area contributed by atoms with E-state index in [1.165, 1.54) is 54.1 Å². The Labute approximate surface area is 111 Å². The van der Waals surface area contributed by atoms with Gasteiger partial charge in [0, 0.05) is 16.1 Å². The summed E-state index contributed by atoms with van der Waals surface area (Å²) in [4.78, 5) is 6.34. The van der Waals surface area contributed by atoms with Gasteiger partial charge in [-0.15, -0.1) is 11.3 Å². The van der Waals surface area contributed by atoms with Crippen LogP contribution in [-0.4, -0.2) is 4.98 Å². The number of hydrogen-bond acceptors (Lipinski definition) is 2. The van der Waals surface area contributed by atoms with Crippen molar-refractivity contribution in [2.45, 2.75) is 63.1 Å². The molecule has 0 aromatic carbocycles. The van der Waals surface area contributed by atoms with E-state index in [2.05, 4.69) is 22.9 Å². The predicted octanol–water partition coefficient (Wildman–Crippen LogP) is 5.04. The molecule has 1 aliphatic rings. The fourth-order valence-corrected chi connectivity index (χ4v) is 4.26. The van der Waals surface area contributed by atoms with Crippen LogP contribution < -0.4 is 0 Å². The van der Waals surface area contributed by atoms with Crippen LogP contribution in [0.3, 0.4) is 0 Å². The van der Waals surface area contributed by atoms with E-state index in [0.717, 1.165) is 17.7 Å². The van der Waals surface area contributed by atoms with Gasteiger partial charge in [0.25, 0.3) is 0 Å². The number of halogens is 1. The Balaban J connectivity index is 2.14. The minimum absolute atomic E-state index is 0.766. The molecular weight excluding hydrogens is 282 g/mol. The number of nitrogens with zero attached hydrogens (tertiary/aromatic N) is 1. The highest BCUT2D eigenvalue weighted by atomic mass is 79.9. The van der Waals surface area contributed by atoms with Gasteiger partial charge in [-0.2, -0.15) is 0 Å². The molecule has 1 aliphatic carbocycles. The summed E-state index contributed by atoms with van der Waals surface area (Å²) in [5.41, 5.74) is 1.35. The van der Waals surface area contributed by atoms with Gasteiger partial charge in [-0.1, -0.05) is 48.5 Å². The maximum atomic E-state index is 4.88. The first-order chi connectivity index (χ1) is 7.85. The Kier molecular flexibility index (Phi) is 4.83. The topological polar surface area (TPSA) is 12.9 Å². The fourth-order valence-electron chi connectivity index (χ4n) is 2.46. The molecule has 2 rings (SSSR count). The van der Waals surface area contributed by atoms with Gasteiger partial charge in [-0.05, 0) is 19.3 Å². The minimum atomic E-state index is 0.766. The van der Waals surface area contributed by atoms with Crippen LogP contribution in [0.25, 0.3) is 0 Å². The molecule has 0 radical (unpaired) electrons. The lowest BCUT2D eigenvalue weighted by atomic mass is 9.90. The Hall–Kier alpha value is 0.110. The molecule has 0 aliphatic heterocycles. The van der Waals surface area contributed by atoms with Crippen molar-refractivity contribution < 1.29 is 0 Å². The summed E-state index contributed by atoms with van der Waals surface area (Å²) in [5.74, 6) is 0.766. The predicted molar refractivity (Wildman–Crippen MR) is 74.6 cm³/mol. The molecule has 90 valence electrons. The van der Waals surface area contributed by atoms with E-state index < -0.39 is 0 Å². The third kappa shape index (κ3) is 2.86. The highest BCUT2D eigenvalue weighted by Crippen LogP contribution is 2.36. The zero-order chi connectivity index (χ0) is 11.4. The molecule has 0 saturated heterocycles. The van der Waals surface area contributed by atoms with Crippen LogP contribution in [0.15, 0.2) is 0 Å². The molecule has 16 heavy (non-hydrogen) atoms. The molecule has 1 fully saturated rings. The van der Waals surface area contributed by atoms with Crippen LogP contribution in [0, 0.1) is 0 Å². The van der Waals surface area contributed by atoms with Crippen molar-refractivity contribution in [2.75, 3.05) is 0 Å². The number of hydrogen-bond donors (Lipinski definition) is 0. The van der Waals surface area contributed by atoms with Gasteiger partial charge in [0.15, 0.2) is 0 Å². The van der Waals surface area contributed by atoms with Crippen molar-refractivity contribution in [3.8, 4) is 0 Å². The van der Waals surface area contributed by atoms with Crippen LogP contribution in [0.4, 0.5) is 0 Å². The molecule has 0 N–H and O–H groups in total. The highest BCUT2D eigenvalue weighted by Gasteiger charge is 2.20. The smallest absolute Gasteiger partial charge is 0.0962 e. The molecule has 1 nitrogen and oxygen atoms in total. The molecule has 0 amide bonds. The van der Waals surface area contributed by atoms with E-state index in [9.17, 15) is 0 Å². The lowest BCUT2D eigenvalue weighted by Gasteiger charge is -2.18. The van der Waals surface area contributed by atoms with Crippen molar-refractivity contribution in [3.05, 3.63) is 15.6 Å². The zero-order valence-corrected chi connectivity index (χ0v) is 12.4. The summed E-state index contributed by atoms with van der Waals surface area (Å²) < 4.78 is 0. The first-order valence-corrected chi connectivity index (χ1v) is 8.33. The van der Waals surface area contributed by atoms with Gasteiger partial charge in [0.2, 0.25) is 0 Å². The second kappa shape index (κ2) is 6.15. The van der Waals surface area contributed by atoms with Gasteiger partial charge in [0.1, 0.15) is 0 Å². The first-order valence-electron chi connectivity index (χ1n) is 6.39. The number of alkyl halides is 1. The minimum Gasteiger partial charge on any atom is -0.246 e. The lowest BCUT2D eigenvalue weighted by molar-refractivity contribution is 0.442. The maximum Gasteiger partial charge on any atom is 0.0962 e. The van der Waals surface area contributed by atoms with Crippen molar-refractivity contribution >= 4 is 27.3 Å². The molecule has 3 heteroatoms. The monoisotopic (exact) mass is 301 g/mol.